The van der Waals surface area contributed by atoms with Crippen LogP contribution in [0.3, 0.4) is 0 Å². The molecule has 6 atom stereocenters. The minimum absolute atomic E-state index is 0.0266. The van der Waals surface area contributed by atoms with E-state index in [0.717, 1.165) is 31.4 Å². The summed E-state index contributed by atoms with van der Waals surface area (Å²) in [7, 11) is 3.78. The number of carbonyl (C=O) groups is 4. The number of piperidine rings is 1. The van der Waals surface area contributed by atoms with Gasteiger partial charge < -0.3 is 30.1 Å². The molecule has 1 aromatic heterocycles. The molecule has 0 spiro atoms. The van der Waals surface area contributed by atoms with Gasteiger partial charge in [0.2, 0.25) is 11.8 Å². The third kappa shape index (κ3) is 11.6. The Morgan fingerprint density at radius 3 is 2.40 bits per heavy atom. The Bertz CT molecular complexity index is 1450. The van der Waals surface area contributed by atoms with Crippen LogP contribution in [0.1, 0.15) is 99.8 Å². The summed E-state index contributed by atoms with van der Waals surface area (Å²) in [6.07, 6.45) is 4.98. The SMILES string of the molecule is CCO[C@H](C[C@H](C(C)C)N(C)C(=O)C(NC(=O)C1CCCCN1C)C1CCOCC1)c1nc(C(=O)N[C@@H](Cc2ccccc2)C[C@H](C)C(=O)O)cs1. The summed E-state index contributed by atoms with van der Waals surface area (Å²) in [5.74, 6) is -2.10. The van der Waals surface area contributed by atoms with E-state index in [9.17, 15) is 24.3 Å². The molecule has 2 saturated heterocycles. The fourth-order valence-corrected chi connectivity index (χ4v) is 8.29. The zero-order valence-electron chi connectivity index (χ0n) is 31.7. The molecule has 0 saturated carbocycles. The summed E-state index contributed by atoms with van der Waals surface area (Å²) < 4.78 is 11.8. The topological polar surface area (TPSA) is 150 Å². The first-order valence-electron chi connectivity index (χ1n) is 18.9. The van der Waals surface area contributed by atoms with Crippen molar-refractivity contribution in [2.45, 2.75) is 109 Å². The molecule has 2 aliphatic heterocycles. The Balaban J connectivity index is 1.50. The minimum atomic E-state index is -0.913. The molecule has 0 bridgehead atoms. The van der Waals surface area contributed by atoms with Crippen LogP contribution in [0.4, 0.5) is 0 Å². The van der Waals surface area contributed by atoms with Gasteiger partial charge in [-0.1, -0.05) is 57.5 Å². The van der Waals surface area contributed by atoms with Gasteiger partial charge in [-0.15, -0.1) is 11.3 Å². The van der Waals surface area contributed by atoms with Crippen LogP contribution in [0.15, 0.2) is 35.7 Å². The first-order valence-corrected chi connectivity index (χ1v) is 19.8. The number of ether oxygens (including phenoxy) is 2. The summed E-state index contributed by atoms with van der Waals surface area (Å²) in [5, 5.41) is 18.1. The van der Waals surface area contributed by atoms with Crippen LogP contribution < -0.4 is 10.6 Å². The fraction of sp³-hybridized carbons (Fsp3) is 0.667. The van der Waals surface area contributed by atoms with E-state index < -0.39 is 30.1 Å². The van der Waals surface area contributed by atoms with Crippen LogP contribution in [-0.2, 0) is 30.3 Å². The monoisotopic (exact) mass is 741 g/mol. The zero-order valence-corrected chi connectivity index (χ0v) is 32.5. The molecule has 52 heavy (non-hydrogen) atoms. The van der Waals surface area contributed by atoms with Crippen LogP contribution in [0.5, 0.6) is 0 Å². The third-order valence-electron chi connectivity index (χ3n) is 10.6. The Kier molecular flexibility index (Phi) is 16.0. The lowest BCUT2D eigenvalue weighted by Crippen LogP contribution is -2.58. The molecule has 2 unspecified atom stereocenters. The van der Waals surface area contributed by atoms with Crippen molar-refractivity contribution in [2.75, 3.05) is 40.5 Å². The first kappa shape index (κ1) is 41.4. The highest BCUT2D eigenvalue weighted by Crippen LogP contribution is 2.31. The number of likely N-dealkylation sites (tertiary alicyclic amines) is 1. The van der Waals surface area contributed by atoms with Gasteiger partial charge in [-0.05, 0) is 76.4 Å². The molecular formula is C39H59N5O7S. The quantitative estimate of drug-likeness (QED) is 0.193. The van der Waals surface area contributed by atoms with Gasteiger partial charge in [0.25, 0.3) is 5.91 Å². The number of amides is 3. The van der Waals surface area contributed by atoms with E-state index in [1.165, 1.54) is 11.3 Å². The first-order chi connectivity index (χ1) is 24.9. The maximum absolute atomic E-state index is 14.4. The van der Waals surface area contributed by atoms with E-state index in [4.69, 9.17) is 14.5 Å². The lowest BCUT2D eigenvalue weighted by molar-refractivity contribution is -0.142. The molecule has 0 radical (unpaired) electrons. The maximum Gasteiger partial charge on any atom is 0.306 e. The number of aliphatic carboxylic acids is 1. The summed E-state index contributed by atoms with van der Waals surface area (Å²) in [5.41, 5.74) is 1.24. The highest BCUT2D eigenvalue weighted by atomic mass is 32.1. The molecule has 2 aliphatic rings. The van der Waals surface area contributed by atoms with Crippen LogP contribution >= 0.6 is 11.3 Å². The second-order valence-corrected chi connectivity index (χ2v) is 15.7. The second-order valence-electron chi connectivity index (χ2n) is 14.8. The number of aromatic nitrogens is 1. The fourth-order valence-electron chi connectivity index (χ4n) is 7.43. The standard InChI is InChI=1S/C39H59N5O7S/c1-7-51-33(37-41-30(24-52-37)35(45)40-29(21-26(4)39(48)49)22-27-13-9-8-10-14-27)23-32(25(2)3)44(6)38(47)34(28-16-19-50-20-17-28)42-36(46)31-15-11-12-18-43(31)5/h8-10,13-14,24-26,28-29,31-34H,7,11-12,15-23H2,1-6H3,(H,40,45)(H,42,46)(H,48,49)/t26-,29+,31?,32+,33+,34?/m0/s1. The van der Waals surface area contributed by atoms with Crippen molar-refractivity contribution < 1.29 is 33.8 Å². The number of carboxylic acid groups (broad SMARTS) is 1. The number of nitrogens with one attached hydrogen (secondary N) is 2. The van der Waals surface area contributed by atoms with Gasteiger partial charge in [0.05, 0.1) is 12.0 Å². The largest absolute Gasteiger partial charge is 0.481 e. The summed E-state index contributed by atoms with van der Waals surface area (Å²) in [4.78, 5) is 61.8. The minimum Gasteiger partial charge on any atom is -0.481 e. The molecule has 4 rings (SSSR count). The molecule has 3 N–H and O–H groups in total. The average Bonchev–Trinajstić information content (AvgIpc) is 3.63. The van der Waals surface area contributed by atoms with Crippen LogP contribution in [-0.4, -0.2) is 108 Å². The molecule has 1 aromatic carbocycles. The van der Waals surface area contributed by atoms with E-state index in [2.05, 4.69) is 29.4 Å². The lowest BCUT2D eigenvalue weighted by Gasteiger charge is -2.39. The Hall–Kier alpha value is -3.39. The number of thiazole rings is 1. The molecular weight excluding hydrogens is 683 g/mol. The van der Waals surface area contributed by atoms with Crippen LogP contribution in [0.2, 0.25) is 0 Å². The lowest BCUT2D eigenvalue weighted by atomic mass is 9.88. The predicted octanol–water partition coefficient (Wildman–Crippen LogP) is 4.94. The van der Waals surface area contributed by atoms with Gasteiger partial charge in [0.1, 0.15) is 22.8 Å². The number of rotatable bonds is 18. The molecule has 3 heterocycles. The van der Waals surface area contributed by atoms with Crippen molar-refractivity contribution in [2.24, 2.45) is 17.8 Å². The molecule has 2 fully saturated rings. The van der Waals surface area contributed by atoms with E-state index in [0.29, 0.717) is 50.5 Å². The molecule has 2 aromatic rings. The predicted molar refractivity (Wildman–Crippen MR) is 201 cm³/mol. The normalized spacial score (nSPS) is 20.0. The van der Waals surface area contributed by atoms with Gasteiger partial charge in [-0.25, -0.2) is 4.98 Å². The van der Waals surface area contributed by atoms with E-state index in [1.807, 2.05) is 51.4 Å². The zero-order chi connectivity index (χ0) is 37.8. The van der Waals surface area contributed by atoms with E-state index >= 15 is 0 Å². The van der Waals surface area contributed by atoms with Crippen LogP contribution in [0, 0.1) is 17.8 Å². The molecule has 3 amide bonds. The Morgan fingerprint density at radius 1 is 1.06 bits per heavy atom. The van der Waals surface area contributed by atoms with Crippen molar-refractivity contribution in [1.82, 2.24) is 25.4 Å². The smallest absolute Gasteiger partial charge is 0.306 e. The highest BCUT2D eigenvalue weighted by molar-refractivity contribution is 7.09. The van der Waals surface area contributed by atoms with Crippen molar-refractivity contribution >= 4 is 35.0 Å². The number of likely N-dealkylation sites (N-methyl/N-ethyl adjacent to an activating group) is 2. The van der Waals surface area contributed by atoms with Gasteiger partial charge in [-0.3, -0.25) is 24.1 Å². The Labute approximate surface area is 313 Å². The van der Waals surface area contributed by atoms with Crippen LogP contribution in [0.25, 0.3) is 0 Å². The number of nitrogens with zero attached hydrogens (tertiary/aromatic N) is 3. The van der Waals surface area contributed by atoms with Gasteiger partial charge in [-0.2, -0.15) is 0 Å². The van der Waals surface area contributed by atoms with Gasteiger partial charge >= 0.3 is 5.97 Å². The van der Waals surface area contributed by atoms with Gasteiger partial charge in [0.15, 0.2) is 0 Å². The molecule has 0 aliphatic carbocycles. The number of benzene rings is 1. The molecule has 288 valence electrons. The summed E-state index contributed by atoms with van der Waals surface area (Å²) in [6.45, 7) is 10.1. The van der Waals surface area contributed by atoms with E-state index in [-0.39, 0.29) is 53.8 Å². The third-order valence-corrected chi connectivity index (χ3v) is 11.5. The molecule has 13 heteroatoms. The highest BCUT2D eigenvalue weighted by Gasteiger charge is 2.39. The molecule has 12 nitrogen and oxygen atoms in total. The van der Waals surface area contributed by atoms with Crippen molar-refractivity contribution in [3.05, 3.63) is 52.0 Å². The number of hydrogen-bond donors (Lipinski definition) is 3. The number of carboxylic acids is 1. The average molecular weight is 742 g/mol. The van der Waals surface area contributed by atoms with Gasteiger partial charge in [0, 0.05) is 50.8 Å². The van der Waals surface area contributed by atoms with Crippen molar-refractivity contribution in [3.8, 4) is 0 Å². The number of carbonyl (C=O) groups excluding carboxylic acids is 3. The Morgan fingerprint density at radius 2 is 1.77 bits per heavy atom. The maximum atomic E-state index is 14.4. The summed E-state index contributed by atoms with van der Waals surface area (Å²) >= 11 is 1.33. The number of hydrogen-bond acceptors (Lipinski definition) is 9. The second kappa shape index (κ2) is 20.2. The van der Waals surface area contributed by atoms with Crippen molar-refractivity contribution in [1.29, 1.82) is 0 Å². The van der Waals surface area contributed by atoms with E-state index in [1.54, 1.807) is 17.2 Å². The van der Waals surface area contributed by atoms with Crippen molar-refractivity contribution in [3.63, 3.8) is 0 Å². The summed E-state index contributed by atoms with van der Waals surface area (Å²) in [6, 6.07) is 8.12.